The van der Waals surface area contributed by atoms with Crippen LogP contribution in [0.4, 0.5) is 5.69 Å². The Kier molecular flexibility index (Phi) is 4.41. The maximum absolute atomic E-state index is 10.4. The largest absolute Gasteiger partial charge is 0.510 e. The molecule has 2 heterocycles. The molecule has 0 saturated heterocycles. The SMILES string of the molecule is Cc1nc(C2=C(O)CN(c3ccc(Oc4ccccc4)cc3)C2=N)sc1C. The van der Waals surface area contributed by atoms with E-state index >= 15 is 0 Å². The van der Waals surface area contributed by atoms with E-state index in [9.17, 15) is 5.11 Å². The molecule has 27 heavy (non-hydrogen) atoms. The fraction of sp³-hybridized carbons (Fsp3) is 0.143. The van der Waals surface area contributed by atoms with Crippen molar-refractivity contribution in [3.63, 3.8) is 0 Å². The highest BCUT2D eigenvalue weighted by atomic mass is 32.1. The van der Waals surface area contributed by atoms with Gasteiger partial charge in [0.15, 0.2) is 0 Å². The smallest absolute Gasteiger partial charge is 0.139 e. The number of aromatic nitrogens is 1. The Morgan fingerprint density at radius 2 is 1.70 bits per heavy atom. The zero-order chi connectivity index (χ0) is 19.0. The Morgan fingerprint density at radius 3 is 2.33 bits per heavy atom. The summed E-state index contributed by atoms with van der Waals surface area (Å²) in [5.41, 5.74) is 2.27. The third-order valence-corrected chi connectivity index (χ3v) is 5.56. The van der Waals surface area contributed by atoms with Crippen molar-refractivity contribution in [2.75, 3.05) is 11.4 Å². The van der Waals surface area contributed by atoms with Gasteiger partial charge < -0.3 is 14.7 Å². The van der Waals surface area contributed by atoms with Crippen LogP contribution in [0.15, 0.2) is 60.4 Å². The lowest BCUT2D eigenvalue weighted by Gasteiger charge is -2.19. The van der Waals surface area contributed by atoms with E-state index in [2.05, 4.69) is 4.98 Å². The summed E-state index contributed by atoms with van der Waals surface area (Å²) < 4.78 is 5.81. The number of amidine groups is 1. The molecule has 0 unspecified atom stereocenters. The molecule has 6 heteroatoms. The number of benzene rings is 2. The minimum absolute atomic E-state index is 0.179. The molecule has 0 radical (unpaired) electrons. The fourth-order valence-corrected chi connectivity index (χ4v) is 3.91. The number of aliphatic hydroxyl groups is 1. The van der Waals surface area contributed by atoms with Gasteiger partial charge in [0.05, 0.1) is 17.8 Å². The van der Waals surface area contributed by atoms with Crippen molar-refractivity contribution >= 4 is 28.4 Å². The first-order chi connectivity index (χ1) is 13.0. The van der Waals surface area contributed by atoms with E-state index in [1.54, 1.807) is 4.90 Å². The number of aliphatic hydroxyl groups excluding tert-OH is 1. The molecule has 0 spiro atoms. The molecular weight excluding hydrogens is 358 g/mol. The summed E-state index contributed by atoms with van der Waals surface area (Å²) in [5.74, 6) is 1.94. The van der Waals surface area contributed by atoms with E-state index in [1.807, 2.05) is 68.4 Å². The highest BCUT2D eigenvalue weighted by Crippen LogP contribution is 2.34. The highest BCUT2D eigenvalue weighted by molar-refractivity contribution is 7.13. The molecule has 5 nitrogen and oxygen atoms in total. The average molecular weight is 377 g/mol. The second-order valence-electron chi connectivity index (χ2n) is 6.33. The van der Waals surface area contributed by atoms with Crippen LogP contribution in [0.2, 0.25) is 0 Å². The molecule has 0 bridgehead atoms. The van der Waals surface area contributed by atoms with Gasteiger partial charge in [-0.1, -0.05) is 18.2 Å². The standard InChI is InChI=1S/C21H19N3O2S/c1-13-14(2)27-21(23-13)19-18(25)12-24(20(19)22)15-8-10-17(11-9-15)26-16-6-4-3-5-7-16/h3-11,22,25H,12H2,1-2H3. The molecular formula is C21H19N3O2S. The van der Waals surface area contributed by atoms with E-state index in [1.165, 1.54) is 11.3 Å². The lowest BCUT2D eigenvalue weighted by atomic mass is 10.2. The molecule has 1 aliphatic rings. The van der Waals surface area contributed by atoms with Crippen LogP contribution < -0.4 is 9.64 Å². The van der Waals surface area contributed by atoms with Gasteiger partial charge in [-0.15, -0.1) is 11.3 Å². The van der Waals surface area contributed by atoms with E-state index < -0.39 is 0 Å². The van der Waals surface area contributed by atoms with Crippen molar-refractivity contribution in [2.24, 2.45) is 0 Å². The minimum Gasteiger partial charge on any atom is -0.510 e. The summed E-state index contributed by atoms with van der Waals surface area (Å²) in [5, 5.41) is 19.7. The zero-order valence-corrected chi connectivity index (χ0v) is 15.9. The van der Waals surface area contributed by atoms with Crippen LogP contribution in [-0.4, -0.2) is 22.5 Å². The van der Waals surface area contributed by atoms with Crippen LogP contribution >= 0.6 is 11.3 Å². The fourth-order valence-electron chi connectivity index (χ4n) is 2.92. The zero-order valence-electron chi connectivity index (χ0n) is 15.1. The Labute approximate surface area is 161 Å². The van der Waals surface area contributed by atoms with Crippen molar-refractivity contribution in [3.05, 3.63) is 75.9 Å². The number of hydrogen-bond acceptors (Lipinski definition) is 5. The number of hydrogen-bond donors (Lipinski definition) is 2. The first kappa shape index (κ1) is 17.3. The van der Waals surface area contributed by atoms with Crippen LogP contribution in [0.1, 0.15) is 15.6 Å². The molecule has 0 aliphatic carbocycles. The van der Waals surface area contributed by atoms with E-state index in [4.69, 9.17) is 10.1 Å². The van der Waals surface area contributed by atoms with Gasteiger partial charge in [0, 0.05) is 10.6 Å². The van der Waals surface area contributed by atoms with Gasteiger partial charge >= 0.3 is 0 Å². The first-order valence-corrected chi connectivity index (χ1v) is 9.40. The summed E-state index contributed by atoms with van der Waals surface area (Å²) in [6.45, 7) is 4.20. The number of nitrogens with one attached hydrogen (secondary N) is 1. The summed E-state index contributed by atoms with van der Waals surface area (Å²) in [6.07, 6.45) is 0. The Bertz CT molecular complexity index is 1000. The predicted molar refractivity (Wildman–Crippen MR) is 109 cm³/mol. The van der Waals surface area contributed by atoms with Crippen molar-refractivity contribution in [1.82, 2.24) is 4.98 Å². The molecule has 1 aromatic heterocycles. The number of nitrogens with zero attached hydrogens (tertiary/aromatic N) is 2. The number of aryl methyl sites for hydroxylation is 2. The maximum Gasteiger partial charge on any atom is 0.139 e. The normalized spacial score (nSPS) is 14.1. The number of thiazole rings is 1. The molecule has 3 aromatic rings. The Morgan fingerprint density at radius 1 is 1.04 bits per heavy atom. The van der Waals surface area contributed by atoms with Crippen LogP contribution in [0.5, 0.6) is 11.5 Å². The monoisotopic (exact) mass is 377 g/mol. The lowest BCUT2D eigenvalue weighted by molar-refractivity contribution is 0.411. The van der Waals surface area contributed by atoms with Gasteiger partial charge in [-0.25, -0.2) is 4.98 Å². The number of anilines is 1. The van der Waals surface area contributed by atoms with Gasteiger partial charge in [-0.2, -0.15) is 0 Å². The summed E-state index contributed by atoms with van der Waals surface area (Å²) in [7, 11) is 0. The molecule has 136 valence electrons. The van der Waals surface area contributed by atoms with Gasteiger partial charge in [0.25, 0.3) is 0 Å². The minimum atomic E-state index is 0.179. The third-order valence-electron chi connectivity index (χ3n) is 4.47. The van der Waals surface area contributed by atoms with Gasteiger partial charge in [-0.3, -0.25) is 5.41 Å². The van der Waals surface area contributed by atoms with Crippen molar-refractivity contribution in [1.29, 1.82) is 5.41 Å². The van der Waals surface area contributed by atoms with E-state index in [0.717, 1.165) is 27.8 Å². The Balaban J connectivity index is 1.54. The second kappa shape index (κ2) is 6.89. The van der Waals surface area contributed by atoms with Crippen LogP contribution in [0.25, 0.3) is 5.57 Å². The van der Waals surface area contributed by atoms with Gasteiger partial charge in [0.2, 0.25) is 0 Å². The molecule has 1 aliphatic heterocycles. The molecule has 0 amide bonds. The summed E-state index contributed by atoms with van der Waals surface area (Å²) in [6, 6.07) is 17.1. The van der Waals surface area contributed by atoms with Crippen molar-refractivity contribution in [2.45, 2.75) is 13.8 Å². The molecule has 4 rings (SSSR count). The number of ether oxygens (including phenoxy) is 1. The van der Waals surface area contributed by atoms with E-state index in [0.29, 0.717) is 10.6 Å². The summed E-state index contributed by atoms with van der Waals surface area (Å²) in [4.78, 5) is 7.36. The molecule has 0 saturated carbocycles. The van der Waals surface area contributed by atoms with Gasteiger partial charge in [-0.05, 0) is 50.2 Å². The molecule has 0 fully saturated rings. The van der Waals surface area contributed by atoms with Crippen molar-refractivity contribution in [3.8, 4) is 11.5 Å². The van der Waals surface area contributed by atoms with Crippen LogP contribution in [0, 0.1) is 19.3 Å². The molecule has 2 aromatic carbocycles. The lowest BCUT2D eigenvalue weighted by Crippen LogP contribution is -2.25. The van der Waals surface area contributed by atoms with Gasteiger partial charge in [0.1, 0.15) is 28.1 Å². The van der Waals surface area contributed by atoms with Crippen LogP contribution in [0.3, 0.4) is 0 Å². The quantitative estimate of drug-likeness (QED) is 0.646. The second-order valence-corrected chi connectivity index (χ2v) is 7.53. The third kappa shape index (κ3) is 3.31. The summed E-state index contributed by atoms with van der Waals surface area (Å²) >= 11 is 1.50. The van der Waals surface area contributed by atoms with Crippen LogP contribution in [-0.2, 0) is 0 Å². The highest BCUT2D eigenvalue weighted by Gasteiger charge is 2.31. The molecule has 2 N–H and O–H groups in total. The van der Waals surface area contributed by atoms with E-state index in [-0.39, 0.29) is 18.1 Å². The Hall–Kier alpha value is -3.12. The van der Waals surface area contributed by atoms with Crippen molar-refractivity contribution < 1.29 is 9.84 Å². The predicted octanol–water partition coefficient (Wildman–Crippen LogP) is 5.32. The maximum atomic E-state index is 10.4. The number of rotatable bonds is 4. The molecule has 0 atom stereocenters. The number of para-hydroxylation sites is 1. The average Bonchev–Trinajstić information content (AvgIpc) is 3.14. The topological polar surface area (TPSA) is 69.4 Å². The first-order valence-electron chi connectivity index (χ1n) is 8.59.